The molecular formula is C16H19F2NO3. The molecule has 0 bridgehead atoms. The van der Waals surface area contributed by atoms with Gasteiger partial charge in [0.15, 0.2) is 0 Å². The Bertz CT molecular complexity index is 536. The van der Waals surface area contributed by atoms with Crippen LogP contribution in [0.15, 0.2) is 18.2 Å². The van der Waals surface area contributed by atoms with Crippen molar-refractivity contribution in [3.05, 3.63) is 35.4 Å². The monoisotopic (exact) mass is 311 g/mol. The van der Waals surface area contributed by atoms with Crippen LogP contribution in [0.2, 0.25) is 0 Å². The first-order valence-electron chi connectivity index (χ1n) is 7.43. The molecule has 2 rings (SSSR count). The zero-order valence-corrected chi connectivity index (χ0v) is 12.1. The van der Waals surface area contributed by atoms with Gasteiger partial charge in [0.25, 0.3) is 0 Å². The van der Waals surface area contributed by atoms with Crippen molar-refractivity contribution in [1.29, 1.82) is 0 Å². The van der Waals surface area contributed by atoms with E-state index in [2.05, 4.69) is 5.32 Å². The fourth-order valence-electron chi connectivity index (χ4n) is 2.97. The second-order valence-electron chi connectivity index (χ2n) is 5.74. The standard InChI is InChI=1S/C16H19F2NO3/c17-12-6-10(7-13(18)9-12)8-14(20)19-15(16(21)22)11-4-2-1-3-5-11/h6-7,9,11,15H,1-5,8H2,(H,19,20)(H,21,22)/t15-/m1/s1. The highest BCUT2D eigenvalue weighted by molar-refractivity contribution is 5.85. The number of aliphatic carboxylic acids is 1. The molecule has 1 aromatic carbocycles. The van der Waals surface area contributed by atoms with Crippen LogP contribution in [0.25, 0.3) is 0 Å². The van der Waals surface area contributed by atoms with Gasteiger partial charge >= 0.3 is 5.97 Å². The third-order valence-corrected chi connectivity index (χ3v) is 3.99. The van der Waals surface area contributed by atoms with Crippen molar-refractivity contribution < 1.29 is 23.5 Å². The average Bonchev–Trinajstić information content (AvgIpc) is 2.44. The SMILES string of the molecule is O=C(Cc1cc(F)cc(F)c1)N[C@@H](C(=O)O)C1CCCCC1. The third-order valence-electron chi connectivity index (χ3n) is 3.99. The van der Waals surface area contributed by atoms with Crippen molar-refractivity contribution in [3.8, 4) is 0 Å². The van der Waals surface area contributed by atoms with E-state index < -0.39 is 29.6 Å². The Morgan fingerprint density at radius 3 is 2.27 bits per heavy atom. The maximum Gasteiger partial charge on any atom is 0.326 e. The van der Waals surface area contributed by atoms with Gasteiger partial charge in [0, 0.05) is 6.07 Å². The molecule has 1 amide bonds. The normalized spacial score (nSPS) is 17.0. The number of carboxylic acids is 1. The number of halogens is 2. The van der Waals surface area contributed by atoms with Crippen LogP contribution in [-0.2, 0) is 16.0 Å². The Balaban J connectivity index is 2.00. The van der Waals surface area contributed by atoms with Gasteiger partial charge in [0.2, 0.25) is 5.91 Å². The summed E-state index contributed by atoms with van der Waals surface area (Å²) in [6, 6.07) is 1.92. The van der Waals surface area contributed by atoms with E-state index in [1.807, 2.05) is 0 Å². The molecule has 120 valence electrons. The van der Waals surface area contributed by atoms with Crippen LogP contribution in [0.4, 0.5) is 8.78 Å². The minimum absolute atomic E-state index is 0.0838. The maximum absolute atomic E-state index is 13.1. The summed E-state index contributed by atoms with van der Waals surface area (Å²) in [6.07, 6.45) is 4.29. The van der Waals surface area contributed by atoms with Gasteiger partial charge in [-0.05, 0) is 36.5 Å². The Morgan fingerprint density at radius 1 is 1.14 bits per heavy atom. The molecule has 1 atom stereocenters. The first-order valence-corrected chi connectivity index (χ1v) is 7.43. The van der Waals surface area contributed by atoms with Gasteiger partial charge in [-0.3, -0.25) is 4.79 Å². The molecule has 1 saturated carbocycles. The van der Waals surface area contributed by atoms with Gasteiger partial charge in [0.05, 0.1) is 6.42 Å². The number of carboxylic acid groups (broad SMARTS) is 1. The highest BCUT2D eigenvalue weighted by atomic mass is 19.1. The topological polar surface area (TPSA) is 66.4 Å². The van der Waals surface area contributed by atoms with E-state index in [9.17, 15) is 23.5 Å². The van der Waals surface area contributed by atoms with Crippen LogP contribution < -0.4 is 5.32 Å². The van der Waals surface area contributed by atoms with Crippen molar-refractivity contribution in [3.63, 3.8) is 0 Å². The highest BCUT2D eigenvalue weighted by Crippen LogP contribution is 2.26. The molecule has 1 aliphatic carbocycles. The highest BCUT2D eigenvalue weighted by Gasteiger charge is 2.30. The molecule has 0 saturated heterocycles. The van der Waals surface area contributed by atoms with E-state index in [-0.39, 0.29) is 17.9 Å². The molecule has 2 N–H and O–H groups in total. The van der Waals surface area contributed by atoms with Crippen molar-refractivity contribution >= 4 is 11.9 Å². The molecule has 0 aliphatic heterocycles. The van der Waals surface area contributed by atoms with Gasteiger partial charge in [-0.2, -0.15) is 0 Å². The van der Waals surface area contributed by atoms with Crippen LogP contribution in [0, 0.1) is 17.6 Å². The predicted molar refractivity (Wildman–Crippen MR) is 76.2 cm³/mol. The zero-order valence-electron chi connectivity index (χ0n) is 12.1. The molecule has 0 unspecified atom stereocenters. The number of carbonyl (C=O) groups is 2. The third kappa shape index (κ3) is 4.51. The number of benzene rings is 1. The minimum atomic E-state index is -1.06. The van der Waals surface area contributed by atoms with E-state index in [0.717, 1.165) is 50.3 Å². The van der Waals surface area contributed by atoms with E-state index in [1.54, 1.807) is 0 Å². The van der Waals surface area contributed by atoms with Crippen LogP contribution in [-0.4, -0.2) is 23.0 Å². The maximum atomic E-state index is 13.1. The second-order valence-corrected chi connectivity index (χ2v) is 5.74. The number of nitrogens with one attached hydrogen (secondary N) is 1. The van der Waals surface area contributed by atoms with E-state index in [1.165, 1.54) is 0 Å². The van der Waals surface area contributed by atoms with Crippen molar-refractivity contribution in [2.24, 2.45) is 5.92 Å². The van der Waals surface area contributed by atoms with Crippen molar-refractivity contribution in [2.75, 3.05) is 0 Å². The molecule has 0 heterocycles. The first kappa shape index (κ1) is 16.4. The zero-order chi connectivity index (χ0) is 16.1. The van der Waals surface area contributed by atoms with Crippen molar-refractivity contribution in [2.45, 2.75) is 44.6 Å². The summed E-state index contributed by atoms with van der Waals surface area (Å²) in [4.78, 5) is 23.3. The Kier molecular flexibility index (Phi) is 5.46. The lowest BCUT2D eigenvalue weighted by molar-refractivity contribution is -0.143. The largest absolute Gasteiger partial charge is 0.480 e. The lowest BCUT2D eigenvalue weighted by atomic mass is 9.84. The average molecular weight is 311 g/mol. The molecule has 1 aliphatic rings. The smallest absolute Gasteiger partial charge is 0.326 e. The minimum Gasteiger partial charge on any atom is -0.480 e. The molecule has 0 aromatic heterocycles. The fraction of sp³-hybridized carbons (Fsp3) is 0.500. The molecule has 1 aromatic rings. The summed E-state index contributed by atoms with van der Waals surface area (Å²) in [7, 11) is 0. The Morgan fingerprint density at radius 2 is 1.73 bits per heavy atom. The molecule has 1 fully saturated rings. The summed E-state index contributed by atoms with van der Waals surface area (Å²) in [5.74, 6) is -3.21. The van der Waals surface area contributed by atoms with Gasteiger partial charge in [-0.15, -0.1) is 0 Å². The molecule has 4 nitrogen and oxygen atoms in total. The van der Waals surface area contributed by atoms with Gasteiger partial charge in [-0.25, -0.2) is 13.6 Å². The second kappa shape index (κ2) is 7.33. The molecule has 22 heavy (non-hydrogen) atoms. The van der Waals surface area contributed by atoms with Gasteiger partial charge in [0.1, 0.15) is 17.7 Å². The van der Waals surface area contributed by atoms with Crippen LogP contribution in [0.5, 0.6) is 0 Å². The van der Waals surface area contributed by atoms with Crippen LogP contribution in [0.1, 0.15) is 37.7 Å². The number of amides is 1. The van der Waals surface area contributed by atoms with Crippen LogP contribution >= 0.6 is 0 Å². The lowest BCUT2D eigenvalue weighted by Crippen LogP contribution is -2.47. The van der Waals surface area contributed by atoms with Gasteiger partial charge < -0.3 is 10.4 Å². The van der Waals surface area contributed by atoms with Crippen LogP contribution in [0.3, 0.4) is 0 Å². The molecule has 0 spiro atoms. The van der Waals surface area contributed by atoms with Gasteiger partial charge in [-0.1, -0.05) is 19.3 Å². The van der Waals surface area contributed by atoms with E-state index >= 15 is 0 Å². The summed E-state index contributed by atoms with van der Waals surface area (Å²) in [5.41, 5.74) is 0.183. The fourth-order valence-corrected chi connectivity index (χ4v) is 2.97. The predicted octanol–water partition coefficient (Wildman–Crippen LogP) is 2.66. The summed E-state index contributed by atoms with van der Waals surface area (Å²) < 4.78 is 26.2. The molecular weight excluding hydrogens is 292 g/mol. The number of rotatable bonds is 5. The number of carbonyl (C=O) groups excluding carboxylic acids is 1. The van der Waals surface area contributed by atoms with E-state index in [0.29, 0.717) is 0 Å². The summed E-state index contributed by atoms with van der Waals surface area (Å²) >= 11 is 0. The Labute approximate surface area is 127 Å². The molecule has 0 radical (unpaired) electrons. The number of hydrogen-bond donors (Lipinski definition) is 2. The summed E-state index contributed by atoms with van der Waals surface area (Å²) in [6.45, 7) is 0. The quantitative estimate of drug-likeness (QED) is 0.878. The number of hydrogen-bond acceptors (Lipinski definition) is 2. The Hall–Kier alpha value is -1.98. The summed E-state index contributed by atoms with van der Waals surface area (Å²) in [5, 5.41) is 11.8. The lowest BCUT2D eigenvalue weighted by Gasteiger charge is -2.28. The first-order chi connectivity index (χ1) is 10.5. The van der Waals surface area contributed by atoms with E-state index in [4.69, 9.17) is 0 Å². The van der Waals surface area contributed by atoms with Crippen molar-refractivity contribution in [1.82, 2.24) is 5.32 Å². The molecule has 6 heteroatoms.